The average Bonchev–Trinajstić information content (AvgIpc) is 3.82. The van der Waals surface area contributed by atoms with Crippen molar-refractivity contribution in [2.75, 3.05) is 0 Å². The predicted octanol–water partition coefficient (Wildman–Crippen LogP) is 15.6. The van der Waals surface area contributed by atoms with Crippen molar-refractivity contribution in [1.82, 2.24) is 9.97 Å². The summed E-state index contributed by atoms with van der Waals surface area (Å²) in [4.78, 5) is 10.6. The van der Waals surface area contributed by atoms with Gasteiger partial charge in [-0.25, -0.2) is 9.97 Å². The highest BCUT2D eigenvalue weighted by atomic mass is 32.1. The van der Waals surface area contributed by atoms with Gasteiger partial charge in [0.05, 0.1) is 11.4 Å². The van der Waals surface area contributed by atoms with Gasteiger partial charge in [0, 0.05) is 57.0 Å². The molecule has 0 spiro atoms. The van der Waals surface area contributed by atoms with Crippen LogP contribution >= 0.6 is 22.7 Å². The summed E-state index contributed by atoms with van der Waals surface area (Å²) >= 11 is 3.68. The average molecular weight is 771 g/mol. The minimum atomic E-state index is -0.0404. The fraction of sp³-hybridized carbons (Fsp3) is 0.170. The maximum Gasteiger partial charge on any atom is 0.160 e. The molecule has 0 saturated heterocycles. The van der Waals surface area contributed by atoms with Crippen molar-refractivity contribution in [1.29, 1.82) is 0 Å². The molecule has 0 amide bonds. The Bertz CT molecular complexity index is 3140. The second kappa shape index (κ2) is 12.2. The molecule has 0 fully saturated rings. The number of thiophene rings is 2. The van der Waals surface area contributed by atoms with Crippen molar-refractivity contribution < 1.29 is 0 Å². The predicted molar refractivity (Wildman–Crippen MR) is 247 cm³/mol. The van der Waals surface area contributed by atoms with E-state index in [1.807, 2.05) is 22.7 Å². The first kappa shape index (κ1) is 34.6. The highest BCUT2D eigenvalue weighted by molar-refractivity contribution is 7.26. The fourth-order valence-corrected chi connectivity index (χ4v) is 11.9. The highest BCUT2D eigenvalue weighted by Gasteiger charge is 2.57. The van der Waals surface area contributed by atoms with Crippen molar-refractivity contribution in [2.45, 2.75) is 52.4 Å². The SMILES string of the molecule is CC1(C)c2cc3ccccc3c(-c3ccc(-c4nc(-c5ccc6c(c5)sc5ccccc56)cc(-c5ccc6c(c5)sc5ccccc56)n4)cc3)c2C(C)(C)C1(C)C. The molecular formula is C53H42N2S2. The third-order valence-corrected chi connectivity index (χ3v) is 16.2. The second-order valence-corrected chi connectivity index (χ2v) is 19.6. The molecule has 7 aromatic carbocycles. The third-order valence-electron chi connectivity index (χ3n) is 14.0. The van der Waals surface area contributed by atoms with Gasteiger partial charge in [0.25, 0.3) is 0 Å². The molecule has 1 aliphatic rings. The molecule has 0 bridgehead atoms. The first-order valence-electron chi connectivity index (χ1n) is 19.9. The lowest BCUT2D eigenvalue weighted by atomic mass is 9.59. The molecular weight excluding hydrogens is 729 g/mol. The van der Waals surface area contributed by atoms with Crippen LogP contribution in [0.5, 0.6) is 0 Å². The third kappa shape index (κ3) is 5.00. The van der Waals surface area contributed by atoms with Crippen LogP contribution in [0.15, 0.2) is 146 Å². The first-order valence-corrected chi connectivity index (χ1v) is 21.5. The molecule has 0 unspecified atom stereocenters. The zero-order valence-corrected chi connectivity index (χ0v) is 34.7. The van der Waals surface area contributed by atoms with Crippen LogP contribution in [0.25, 0.3) is 96.1 Å². The van der Waals surface area contributed by atoms with Gasteiger partial charge in [-0.15, -0.1) is 22.7 Å². The van der Waals surface area contributed by atoms with Gasteiger partial charge >= 0.3 is 0 Å². The molecule has 0 radical (unpaired) electrons. The van der Waals surface area contributed by atoms with Gasteiger partial charge in [0.1, 0.15) is 0 Å². The van der Waals surface area contributed by atoms with Crippen LogP contribution in [-0.2, 0) is 10.8 Å². The molecule has 0 aliphatic heterocycles. The number of hydrogen-bond acceptors (Lipinski definition) is 4. The minimum absolute atomic E-state index is 0.00689. The van der Waals surface area contributed by atoms with Crippen molar-refractivity contribution in [3.63, 3.8) is 0 Å². The Labute approximate surface area is 341 Å². The number of benzene rings is 7. The van der Waals surface area contributed by atoms with Crippen molar-refractivity contribution in [2.24, 2.45) is 5.41 Å². The molecule has 0 atom stereocenters. The number of aromatic nitrogens is 2. The van der Waals surface area contributed by atoms with Crippen LogP contribution in [0.4, 0.5) is 0 Å². The van der Waals surface area contributed by atoms with Crippen molar-refractivity contribution in [3.8, 4) is 45.0 Å². The van der Waals surface area contributed by atoms with E-state index in [4.69, 9.17) is 9.97 Å². The quantitative estimate of drug-likeness (QED) is 0.178. The molecule has 0 saturated carbocycles. The number of rotatable bonds is 4. The van der Waals surface area contributed by atoms with Crippen LogP contribution in [-0.4, -0.2) is 9.97 Å². The molecule has 3 heterocycles. The van der Waals surface area contributed by atoms with Crippen LogP contribution in [0.1, 0.15) is 52.7 Å². The number of nitrogens with zero attached hydrogens (tertiary/aromatic N) is 2. The second-order valence-electron chi connectivity index (χ2n) is 17.4. The van der Waals surface area contributed by atoms with Gasteiger partial charge in [0.15, 0.2) is 5.82 Å². The Morgan fingerprint density at radius 2 is 0.877 bits per heavy atom. The van der Waals surface area contributed by atoms with Gasteiger partial charge < -0.3 is 0 Å². The molecule has 276 valence electrons. The fourth-order valence-electron chi connectivity index (χ4n) is 9.65. The highest BCUT2D eigenvalue weighted by Crippen LogP contribution is 2.64. The lowest BCUT2D eigenvalue weighted by Crippen LogP contribution is -2.42. The van der Waals surface area contributed by atoms with E-state index in [1.54, 1.807) is 0 Å². The van der Waals surface area contributed by atoms with E-state index in [0.29, 0.717) is 0 Å². The Morgan fingerprint density at radius 3 is 1.46 bits per heavy atom. The summed E-state index contributed by atoms with van der Waals surface area (Å²) in [5.74, 6) is 0.729. The van der Waals surface area contributed by atoms with E-state index in [0.717, 1.165) is 33.9 Å². The standard InChI is InChI=1S/C53H42N2S2/c1-51(2)41-27-33-13-7-8-14-36(33)48(49(41)52(3,4)53(51,5)6)31-19-21-32(22-20-31)50-54-42(34-23-25-39-37-15-9-11-17-44(37)56-46(39)28-34)30-43(55-50)35-24-26-40-38-16-10-12-18-45(38)57-47(40)29-35/h7-30H,1-6H3. The van der Waals surface area contributed by atoms with Gasteiger partial charge in [-0.05, 0) is 79.6 Å². The van der Waals surface area contributed by atoms with Gasteiger partial charge in [-0.2, -0.15) is 0 Å². The Morgan fingerprint density at radius 1 is 0.404 bits per heavy atom. The molecule has 11 rings (SSSR count). The van der Waals surface area contributed by atoms with E-state index >= 15 is 0 Å². The van der Waals surface area contributed by atoms with Gasteiger partial charge in [-0.3, -0.25) is 0 Å². The molecule has 2 nitrogen and oxygen atoms in total. The Hall–Kier alpha value is -5.68. The van der Waals surface area contributed by atoms with Crippen molar-refractivity contribution in [3.05, 3.63) is 157 Å². The van der Waals surface area contributed by atoms with E-state index in [1.165, 1.54) is 73.4 Å². The summed E-state index contributed by atoms with van der Waals surface area (Å²) in [6, 6.07) is 53.5. The zero-order valence-electron chi connectivity index (χ0n) is 33.1. The van der Waals surface area contributed by atoms with Gasteiger partial charge in [0.2, 0.25) is 0 Å². The maximum atomic E-state index is 5.32. The normalized spacial score (nSPS) is 15.6. The van der Waals surface area contributed by atoms with Crippen LogP contribution < -0.4 is 0 Å². The van der Waals surface area contributed by atoms with Gasteiger partial charge in [-0.1, -0.05) is 157 Å². The van der Waals surface area contributed by atoms with E-state index in [-0.39, 0.29) is 16.2 Å². The lowest BCUT2D eigenvalue weighted by molar-refractivity contribution is 0.125. The minimum Gasteiger partial charge on any atom is -0.228 e. The topological polar surface area (TPSA) is 25.8 Å². The smallest absolute Gasteiger partial charge is 0.160 e. The summed E-state index contributed by atoms with van der Waals surface area (Å²) in [5, 5.41) is 7.78. The van der Waals surface area contributed by atoms with Crippen LogP contribution in [0, 0.1) is 5.41 Å². The Kier molecular flexibility index (Phi) is 7.37. The zero-order chi connectivity index (χ0) is 38.8. The Balaban J connectivity index is 1.08. The lowest BCUT2D eigenvalue weighted by Gasteiger charge is -2.44. The molecule has 1 aliphatic carbocycles. The number of fused-ring (bicyclic) bond motifs is 8. The van der Waals surface area contributed by atoms with E-state index in [9.17, 15) is 0 Å². The summed E-state index contributed by atoms with van der Waals surface area (Å²) in [7, 11) is 0. The van der Waals surface area contributed by atoms with E-state index in [2.05, 4.69) is 187 Å². The van der Waals surface area contributed by atoms with E-state index < -0.39 is 0 Å². The summed E-state index contributed by atoms with van der Waals surface area (Å²) in [5.41, 5.74) is 10.6. The summed E-state index contributed by atoms with van der Waals surface area (Å²) in [6.45, 7) is 14.6. The van der Waals surface area contributed by atoms with Crippen LogP contribution in [0.2, 0.25) is 0 Å². The molecule has 0 N–H and O–H groups in total. The molecule has 57 heavy (non-hydrogen) atoms. The molecule has 4 heteroatoms. The van der Waals surface area contributed by atoms with Crippen molar-refractivity contribution >= 4 is 73.8 Å². The first-order chi connectivity index (χ1) is 27.5. The summed E-state index contributed by atoms with van der Waals surface area (Å²) in [6.07, 6.45) is 0. The summed E-state index contributed by atoms with van der Waals surface area (Å²) < 4.78 is 5.14. The largest absolute Gasteiger partial charge is 0.228 e. The monoisotopic (exact) mass is 770 g/mol. The molecule has 10 aromatic rings. The molecule has 3 aromatic heterocycles. The number of hydrogen-bond donors (Lipinski definition) is 0. The van der Waals surface area contributed by atoms with Crippen LogP contribution in [0.3, 0.4) is 0 Å². The maximum absolute atomic E-state index is 5.32.